The number of carbonyl (C=O) groups is 1. The zero-order chi connectivity index (χ0) is 12.4. The smallest absolute Gasteiger partial charge is 0.193 e. The zero-order valence-electron chi connectivity index (χ0n) is 9.21. The van der Waals surface area contributed by atoms with E-state index in [0.717, 1.165) is 10.0 Å². The summed E-state index contributed by atoms with van der Waals surface area (Å²) in [4.78, 5) is 12.2. The summed E-state index contributed by atoms with van der Waals surface area (Å²) in [6, 6.07) is 11.1. The van der Waals surface area contributed by atoms with Crippen LogP contribution in [0, 0.1) is 12.7 Å². The van der Waals surface area contributed by atoms with Crippen molar-refractivity contribution in [1.29, 1.82) is 0 Å². The standard InChI is InChI=1S/C14H10BrFO/c1-9-12(6-3-7-13(9)15)14(17)10-4-2-5-11(16)8-10/h2-8H,1H3. The van der Waals surface area contributed by atoms with Gasteiger partial charge in [-0.1, -0.05) is 40.2 Å². The molecule has 0 amide bonds. The minimum Gasteiger partial charge on any atom is -0.289 e. The average molecular weight is 293 g/mol. The van der Waals surface area contributed by atoms with Crippen LogP contribution in [-0.4, -0.2) is 5.78 Å². The van der Waals surface area contributed by atoms with Crippen LogP contribution in [0.4, 0.5) is 4.39 Å². The summed E-state index contributed by atoms with van der Waals surface area (Å²) in [6.07, 6.45) is 0. The molecule has 3 heteroatoms. The highest BCUT2D eigenvalue weighted by Gasteiger charge is 2.13. The van der Waals surface area contributed by atoms with E-state index in [0.29, 0.717) is 11.1 Å². The normalized spacial score (nSPS) is 10.3. The Labute approximate surface area is 107 Å². The first-order chi connectivity index (χ1) is 8.09. The van der Waals surface area contributed by atoms with E-state index in [1.54, 1.807) is 18.2 Å². The first-order valence-corrected chi connectivity index (χ1v) is 5.94. The Kier molecular flexibility index (Phi) is 3.38. The van der Waals surface area contributed by atoms with Gasteiger partial charge in [-0.25, -0.2) is 4.39 Å². The molecule has 0 atom stereocenters. The van der Waals surface area contributed by atoms with Gasteiger partial charge in [-0.3, -0.25) is 4.79 Å². The Morgan fingerprint density at radius 1 is 1.18 bits per heavy atom. The quantitative estimate of drug-likeness (QED) is 0.761. The van der Waals surface area contributed by atoms with Crippen LogP contribution in [0.15, 0.2) is 46.9 Å². The lowest BCUT2D eigenvalue weighted by Crippen LogP contribution is -2.04. The third kappa shape index (κ3) is 2.44. The molecule has 0 aromatic heterocycles. The van der Waals surface area contributed by atoms with Crippen LogP contribution in [0.3, 0.4) is 0 Å². The predicted octanol–water partition coefficient (Wildman–Crippen LogP) is 4.13. The molecule has 1 nitrogen and oxygen atoms in total. The van der Waals surface area contributed by atoms with Crippen LogP contribution in [0.5, 0.6) is 0 Å². The second-order valence-corrected chi connectivity index (χ2v) is 4.61. The van der Waals surface area contributed by atoms with Crippen LogP contribution in [0.1, 0.15) is 21.5 Å². The van der Waals surface area contributed by atoms with Gasteiger partial charge >= 0.3 is 0 Å². The van der Waals surface area contributed by atoms with Gasteiger partial charge in [-0.05, 0) is 30.7 Å². The summed E-state index contributed by atoms with van der Waals surface area (Å²) >= 11 is 3.38. The highest BCUT2D eigenvalue weighted by Crippen LogP contribution is 2.22. The lowest BCUT2D eigenvalue weighted by atomic mass is 9.99. The predicted molar refractivity (Wildman–Crippen MR) is 68.7 cm³/mol. The van der Waals surface area contributed by atoms with Crippen LogP contribution in [0.2, 0.25) is 0 Å². The Morgan fingerprint density at radius 2 is 1.88 bits per heavy atom. The molecule has 2 aromatic carbocycles. The molecule has 2 rings (SSSR count). The third-order valence-electron chi connectivity index (χ3n) is 2.60. The molecule has 2 aromatic rings. The molecular weight excluding hydrogens is 283 g/mol. The number of halogens is 2. The molecule has 86 valence electrons. The number of benzene rings is 2. The van der Waals surface area contributed by atoms with Crippen LogP contribution in [-0.2, 0) is 0 Å². The molecule has 0 unspecified atom stereocenters. The largest absolute Gasteiger partial charge is 0.289 e. The molecule has 17 heavy (non-hydrogen) atoms. The Hall–Kier alpha value is -1.48. The van der Waals surface area contributed by atoms with Crippen molar-refractivity contribution in [3.05, 3.63) is 69.4 Å². The van der Waals surface area contributed by atoms with E-state index in [-0.39, 0.29) is 5.78 Å². The number of rotatable bonds is 2. The fourth-order valence-electron chi connectivity index (χ4n) is 1.64. The molecule has 0 spiro atoms. The highest BCUT2D eigenvalue weighted by atomic mass is 79.9. The third-order valence-corrected chi connectivity index (χ3v) is 3.46. The minimum atomic E-state index is -0.400. The van der Waals surface area contributed by atoms with E-state index in [1.165, 1.54) is 18.2 Å². The van der Waals surface area contributed by atoms with Gasteiger partial charge in [0.25, 0.3) is 0 Å². The van der Waals surface area contributed by atoms with Crippen molar-refractivity contribution in [2.75, 3.05) is 0 Å². The van der Waals surface area contributed by atoms with Gasteiger partial charge in [0.2, 0.25) is 0 Å². The second kappa shape index (κ2) is 4.80. The van der Waals surface area contributed by atoms with E-state index in [2.05, 4.69) is 15.9 Å². The van der Waals surface area contributed by atoms with E-state index < -0.39 is 5.82 Å². The van der Waals surface area contributed by atoms with E-state index in [1.807, 2.05) is 13.0 Å². The van der Waals surface area contributed by atoms with E-state index >= 15 is 0 Å². The van der Waals surface area contributed by atoms with Crippen LogP contribution < -0.4 is 0 Å². The van der Waals surface area contributed by atoms with Crippen molar-refractivity contribution in [2.24, 2.45) is 0 Å². The molecule has 0 fully saturated rings. The van der Waals surface area contributed by atoms with Gasteiger partial charge in [0.05, 0.1) is 0 Å². The number of hydrogen-bond donors (Lipinski definition) is 0. The molecule has 0 aliphatic heterocycles. The maximum atomic E-state index is 13.1. The SMILES string of the molecule is Cc1c(Br)cccc1C(=O)c1cccc(F)c1. The molecule has 0 aliphatic carbocycles. The van der Waals surface area contributed by atoms with Crippen LogP contribution in [0.25, 0.3) is 0 Å². The molecule has 0 radical (unpaired) electrons. The summed E-state index contributed by atoms with van der Waals surface area (Å²) in [5.41, 5.74) is 1.82. The molecule has 0 heterocycles. The first-order valence-electron chi connectivity index (χ1n) is 5.15. The van der Waals surface area contributed by atoms with Crippen molar-refractivity contribution in [3.8, 4) is 0 Å². The molecule has 0 N–H and O–H groups in total. The lowest BCUT2D eigenvalue weighted by Gasteiger charge is -2.06. The van der Waals surface area contributed by atoms with Crippen molar-refractivity contribution in [3.63, 3.8) is 0 Å². The maximum Gasteiger partial charge on any atom is 0.193 e. The number of ketones is 1. The van der Waals surface area contributed by atoms with Gasteiger partial charge in [0.15, 0.2) is 5.78 Å². The fourth-order valence-corrected chi connectivity index (χ4v) is 2.00. The summed E-state index contributed by atoms with van der Waals surface area (Å²) in [7, 11) is 0. The van der Waals surface area contributed by atoms with Crippen molar-refractivity contribution in [1.82, 2.24) is 0 Å². The fraction of sp³-hybridized carbons (Fsp3) is 0.0714. The minimum absolute atomic E-state index is 0.164. The van der Waals surface area contributed by atoms with Gasteiger partial charge < -0.3 is 0 Å². The lowest BCUT2D eigenvalue weighted by molar-refractivity contribution is 0.103. The number of hydrogen-bond acceptors (Lipinski definition) is 1. The topological polar surface area (TPSA) is 17.1 Å². The van der Waals surface area contributed by atoms with Crippen LogP contribution >= 0.6 is 15.9 Å². The van der Waals surface area contributed by atoms with Gasteiger partial charge in [-0.15, -0.1) is 0 Å². The summed E-state index contributed by atoms with van der Waals surface area (Å²) in [6.45, 7) is 1.86. The zero-order valence-corrected chi connectivity index (χ0v) is 10.8. The van der Waals surface area contributed by atoms with Gasteiger partial charge in [-0.2, -0.15) is 0 Å². The van der Waals surface area contributed by atoms with E-state index in [9.17, 15) is 9.18 Å². The molecule has 0 bridgehead atoms. The molecule has 0 aliphatic rings. The summed E-state index contributed by atoms with van der Waals surface area (Å²) < 4.78 is 13.9. The molecular formula is C14H10BrFO. The maximum absolute atomic E-state index is 13.1. The summed E-state index contributed by atoms with van der Waals surface area (Å²) in [5, 5.41) is 0. The molecule has 0 saturated heterocycles. The van der Waals surface area contributed by atoms with Gasteiger partial charge in [0.1, 0.15) is 5.82 Å². The van der Waals surface area contributed by atoms with Crippen molar-refractivity contribution >= 4 is 21.7 Å². The second-order valence-electron chi connectivity index (χ2n) is 3.75. The van der Waals surface area contributed by atoms with Crippen molar-refractivity contribution < 1.29 is 9.18 Å². The van der Waals surface area contributed by atoms with Gasteiger partial charge in [0, 0.05) is 15.6 Å². The Bertz CT molecular complexity index is 578. The average Bonchev–Trinajstić information content (AvgIpc) is 2.32. The molecule has 0 saturated carbocycles. The number of carbonyl (C=O) groups excluding carboxylic acids is 1. The monoisotopic (exact) mass is 292 g/mol. The Morgan fingerprint density at radius 3 is 2.59 bits per heavy atom. The van der Waals surface area contributed by atoms with E-state index in [4.69, 9.17) is 0 Å². The van der Waals surface area contributed by atoms with Crippen molar-refractivity contribution in [2.45, 2.75) is 6.92 Å². The summed E-state index contributed by atoms with van der Waals surface area (Å²) in [5.74, 6) is -0.563. The Balaban J connectivity index is 2.48. The highest BCUT2D eigenvalue weighted by molar-refractivity contribution is 9.10. The first kappa shape index (κ1) is 12.0.